The van der Waals surface area contributed by atoms with Gasteiger partial charge in [0.1, 0.15) is 11.9 Å². The second-order valence-electron chi connectivity index (χ2n) is 6.02. The van der Waals surface area contributed by atoms with E-state index in [1.165, 1.54) is 24.3 Å². The number of carbonyl (C=O) groups excluding carboxylic acids is 2. The number of nitrogens with zero attached hydrogens (tertiary/aromatic N) is 1. The van der Waals surface area contributed by atoms with Gasteiger partial charge < -0.3 is 10.2 Å². The van der Waals surface area contributed by atoms with E-state index in [4.69, 9.17) is 0 Å². The first-order valence-electron chi connectivity index (χ1n) is 7.98. The molecule has 1 aliphatic rings. The van der Waals surface area contributed by atoms with Gasteiger partial charge in [-0.3, -0.25) is 9.59 Å². The molecule has 0 spiro atoms. The minimum atomic E-state index is -0.496. The van der Waals surface area contributed by atoms with E-state index in [2.05, 4.69) is 5.32 Å². The quantitative estimate of drug-likeness (QED) is 0.940. The molecule has 1 aliphatic heterocycles. The smallest absolute Gasteiger partial charge is 0.254 e. The molecule has 4 nitrogen and oxygen atoms in total. The highest BCUT2D eigenvalue weighted by atomic mass is 19.1. The van der Waals surface area contributed by atoms with Crippen LogP contribution in [0, 0.1) is 12.7 Å². The minimum Gasteiger partial charge on any atom is -0.327 e. The van der Waals surface area contributed by atoms with E-state index in [9.17, 15) is 14.0 Å². The Hall–Kier alpha value is -2.69. The van der Waals surface area contributed by atoms with Gasteiger partial charge in [0.2, 0.25) is 5.91 Å². The first-order valence-corrected chi connectivity index (χ1v) is 7.98. The summed E-state index contributed by atoms with van der Waals surface area (Å²) in [5.41, 5.74) is 2.22. The van der Waals surface area contributed by atoms with Crippen LogP contribution < -0.4 is 5.32 Å². The monoisotopic (exact) mass is 326 g/mol. The van der Waals surface area contributed by atoms with Crippen molar-refractivity contribution < 1.29 is 14.0 Å². The van der Waals surface area contributed by atoms with E-state index in [-0.39, 0.29) is 17.6 Å². The number of hydrogen-bond donors (Lipinski definition) is 1. The zero-order chi connectivity index (χ0) is 17.1. The van der Waals surface area contributed by atoms with Crippen molar-refractivity contribution in [1.29, 1.82) is 0 Å². The van der Waals surface area contributed by atoms with Crippen LogP contribution in [-0.4, -0.2) is 29.3 Å². The van der Waals surface area contributed by atoms with Crippen LogP contribution in [0.2, 0.25) is 0 Å². The van der Waals surface area contributed by atoms with Crippen LogP contribution in [-0.2, 0) is 4.79 Å². The minimum absolute atomic E-state index is 0.188. The molecular weight excluding hydrogens is 307 g/mol. The lowest BCUT2D eigenvalue weighted by molar-refractivity contribution is -0.119. The Balaban J connectivity index is 1.72. The fourth-order valence-electron chi connectivity index (χ4n) is 2.90. The molecule has 0 aliphatic carbocycles. The Morgan fingerprint density at radius 1 is 1.08 bits per heavy atom. The van der Waals surface area contributed by atoms with Crippen molar-refractivity contribution >= 4 is 17.5 Å². The number of benzene rings is 2. The lowest BCUT2D eigenvalue weighted by Crippen LogP contribution is -2.43. The predicted octanol–water partition coefficient (Wildman–Crippen LogP) is 3.38. The van der Waals surface area contributed by atoms with Crippen LogP contribution in [0.1, 0.15) is 28.8 Å². The van der Waals surface area contributed by atoms with Crippen LogP contribution in [0.15, 0.2) is 48.5 Å². The molecule has 0 radical (unpaired) electrons. The normalized spacial score (nSPS) is 16.9. The van der Waals surface area contributed by atoms with Crippen molar-refractivity contribution in [3.8, 4) is 0 Å². The molecule has 1 fully saturated rings. The van der Waals surface area contributed by atoms with Crippen LogP contribution in [0.3, 0.4) is 0 Å². The van der Waals surface area contributed by atoms with E-state index in [0.717, 1.165) is 12.0 Å². The van der Waals surface area contributed by atoms with E-state index >= 15 is 0 Å². The molecule has 2 aromatic rings. The summed E-state index contributed by atoms with van der Waals surface area (Å²) >= 11 is 0. The lowest BCUT2D eigenvalue weighted by Gasteiger charge is -2.24. The first kappa shape index (κ1) is 16.2. The highest BCUT2D eigenvalue weighted by molar-refractivity contribution is 6.01. The SMILES string of the molecule is Cc1ccc(NC(=O)[C@H]2CCCN2C(=O)c2ccc(F)cc2)cc1. The third kappa shape index (κ3) is 3.45. The lowest BCUT2D eigenvalue weighted by atomic mass is 10.1. The third-order valence-electron chi connectivity index (χ3n) is 4.23. The van der Waals surface area contributed by atoms with Gasteiger partial charge in [-0.15, -0.1) is 0 Å². The number of likely N-dealkylation sites (tertiary alicyclic amines) is 1. The molecule has 1 atom stereocenters. The Kier molecular flexibility index (Phi) is 4.60. The summed E-state index contributed by atoms with van der Waals surface area (Å²) < 4.78 is 13.0. The Labute approximate surface area is 140 Å². The van der Waals surface area contributed by atoms with Gasteiger partial charge in [-0.2, -0.15) is 0 Å². The summed E-state index contributed by atoms with van der Waals surface area (Å²) in [5, 5.41) is 2.86. The standard InChI is InChI=1S/C19H19FN2O2/c1-13-4-10-16(11-5-13)21-18(23)17-3-2-12-22(17)19(24)14-6-8-15(20)9-7-14/h4-11,17H,2-3,12H2,1H3,(H,21,23)/t17-/m1/s1. The summed E-state index contributed by atoms with van der Waals surface area (Å²) in [4.78, 5) is 26.7. The molecule has 2 aromatic carbocycles. The van der Waals surface area contributed by atoms with Crippen molar-refractivity contribution in [2.75, 3.05) is 11.9 Å². The summed E-state index contributed by atoms with van der Waals surface area (Å²) in [7, 11) is 0. The number of aryl methyl sites for hydroxylation is 1. The zero-order valence-electron chi connectivity index (χ0n) is 13.5. The molecule has 1 saturated heterocycles. The Bertz CT molecular complexity index is 741. The van der Waals surface area contributed by atoms with E-state index in [0.29, 0.717) is 24.2 Å². The van der Waals surface area contributed by atoms with Gasteiger partial charge in [0.05, 0.1) is 0 Å². The summed E-state index contributed by atoms with van der Waals surface area (Å²) in [5.74, 6) is -0.815. The number of carbonyl (C=O) groups is 2. The van der Waals surface area contributed by atoms with Crippen molar-refractivity contribution in [3.63, 3.8) is 0 Å². The maximum absolute atomic E-state index is 13.0. The number of nitrogens with one attached hydrogen (secondary N) is 1. The average molecular weight is 326 g/mol. The van der Waals surface area contributed by atoms with Crippen molar-refractivity contribution in [3.05, 3.63) is 65.5 Å². The van der Waals surface area contributed by atoms with Gasteiger partial charge >= 0.3 is 0 Å². The molecule has 0 bridgehead atoms. The van der Waals surface area contributed by atoms with Gasteiger partial charge in [-0.1, -0.05) is 17.7 Å². The van der Waals surface area contributed by atoms with Gasteiger partial charge in [-0.05, 0) is 56.2 Å². The Morgan fingerprint density at radius 3 is 2.42 bits per heavy atom. The summed E-state index contributed by atoms with van der Waals surface area (Å²) in [6, 6.07) is 12.4. The van der Waals surface area contributed by atoms with Crippen LogP contribution in [0.5, 0.6) is 0 Å². The van der Waals surface area contributed by atoms with Crippen molar-refractivity contribution in [2.24, 2.45) is 0 Å². The molecule has 0 unspecified atom stereocenters. The molecule has 24 heavy (non-hydrogen) atoms. The van der Waals surface area contributed by atoms with Gasteiger partial charge in [0.15, 0.2) is 0 Å². The predicted molar refractivity (Wildman–Crippen MR) is 90.3 cm³/mol. The summed E-state index contributed by atoms with van der Waals surface area (Å²) in [6.07, 6.45) is 1.41. The van der Waals surface area contributed by atoms with Crippen LogP contribution in [0.4, 0.5) is 10.1 Å². The largest absolute Gasteiger partial charge is 0.327 e. The number of anilines is 1. The zero-order valence-corrected chi connectivity index (χ0v) is 13.5. The fraction of sp³-hybridized carbons (Fsp3) is 0.263. The van der Waals surface area contributed by atoms with Crippen LogP contribution >= 0.6 is 0 Å². The molecule has 1 heterocycles. The van der Waals surface area contributed by atoms with Crippen molar-refractivity contribution in [1.82, 2.24) is 4.90 Å². The second-order valence-corrected chi connectivity index (χ2v) is 6.02. The Morgan fingerprint density at radius 2 is 1.75 bits per heavy atom. The molecule has 1 N–H and O–H groups in total. The van der Waals surface area contributed by atoms with Crippen molar-refractivity contribution in [2.45, 2.75) is 25.8 Å². The van der Waals surface area contributed by atoms with E-state index < -0.39 is 6.04 Å². The first-order chi connectivity index (χ1) is 11.5. The maximum Gasteiger partial charge on any atom is 0.254 e. The fourth-order valence-corrected chi connectivity index (χ4v) is 2.90. The van der Waals surface area contributed by atoms with E-state index in [1.807, 2.05) is 31.2 Å². The third-order valence-corrected chi connectivity index (χ3v) is 4.23. The molecular formula is C19H19FN2O2. The van der Waals surface area contributed by atoms with E-state index in [1.54, 1.807) is 4.90 Å². The highest BCUT2D eigenvalue weighted by Gasteiger charge is 2.34. The maximum atomic E-state index is 13.0. The van der Waals surface area contributed by atoms with Gasteiger partial charge in [0, 0.05) is 17.8 Å². The second kappa shape index (κ2) is 6.83. The molecule has 124 valence electrons. The average Bonchev–Trinajstić information content (AvgIpc) is 3.07. The van der Waals surface area contributed by atoms with Gasteiger partial charge in [0.25, 0.3) is 5.91 Å². The topological polar surface area (TPSA) is 49.4 Å². The number of rotatable bonds is 3. The number of hydrogen-bond acceptors (Lipinski definition) is 2. The van der Waals surface area contributed by atoms with Gasteiger partial charge in [-0.25, -0.2) is 4.39 Å². The highest BCUT2D eigenvalue weighted by Crippen LogP contribution is 2.22. The van der Waals surface area contributed by atoms with Crippen LogP contribution in [0.25, 0.3) is 0 Å². The number of halogens is 1. The molecule has 5 heteroatoms. The molecule has 3 rings (SSSR count). The summed E-state index contributed by atoms with van der Waals surface area (Å²) in [6.45, 7) is 2.51. The molecule has 2 amide bonds. The molecule has 0 aromatic heterocycles. The number of amides is 2. The molecule has 0 saturated carbocycles.